The number of aryl methyl sites for hydroxylation is 1. The lowest BCUT2D eigenvalue weighted by atomic mass is 10.1. The van der Waals surface area contributed by atoms with E-state index in [2.05, 4.69) is 45.3 Å². The summed E-state index contributed by atoms with van der Waals surface area (Å²) in [5.74, 6) is 0.781. The minimum Gasteiger partial charge on any atom is -0.386 e. The van der Waals surface area contributed by atoms with Gasteiger partial charge < -0.3 is 5.11 Å². The van der Waals surface area contributed by atoms with Gasteiger partial charge in [0.15, 0.2) is 0 Å². The fraction of sp³-hybridized carbons (Fsp3) is 0.400. The van der Waals surface area contributed by atoms with Crippen LogP contribution in [0.3, 0.4) is 0 Å². The molecule has 1 aromatic heterocycles. The van der Waals surface area contributed by atoms with Crippen LogP contribution in [-0.4, -0.2) is 14.9 Å². The predicted molar refractivity (Wildman–Crippen MR) is 77.9 cm³/mol. The minimum absolute atomic E-state index is 0.306. The molecule has 0 spiro atoms. The van der Waals surface area contributed by atoms with Crippen LogP contribution >= 0.6 is 15.9 Å². The number of hydrogen-bond acceptors (Lipinski definition) is 2. The molecule has 3 nitrogen and oxygen atoms in total. The van der Waals surface area contributed by atoms with Crippen molar-refractivity contribution in [2.75, 3.05) is 0 Å². The third kappa shape index (κ3) is 2.35. The van der Waals surface area contributed by atoms with E-state index in [0.29, 0.717) is 11.8 Å². The summed E-state index contributed by atoms with van der Waals surface area (Å²) in [6.07, 6.45) is 2.37. The third-order valence-corrected chi connectivity index (χ3v) is 4.50. The average Bonchev–Trinajstić information content (AvgIpc) is 3.16. The van der Waals surface area contributed by atoms with Crippen LogP contribution in [0.1, 0.15) is 36.6 Å². The van der Waals surface area contributed by atoms with Crippen molar-refractivity contribution < 1.29 is 5.11 Å². The van der Waals surface area contributed by atoms with Gasteiger partial charge in [0.2, 0.25) is 0 Å². The quantitative estimate of drug-likeness (QED) is 0.936. The molecule has 0 saturated heterocycles. The Morgan fingerprint density at radius 1 is 1.42 bits per heavy atom. The maximum atomic E-state index is 10.6. The van der Waals surface area contributed by atoms with Crippen molar-refractivity contribution in [3.63, 3.8) is 0 Å². The molecule has 1 N–H and O–H groups in total. The fourth-order valence-corrected chi connectivity index (χ4v) is 3.30. The van der Waals surface area contributed by atoms with E-state index < -0.39 is 6.10 Å². The number of benzene rings is 1. The van der Waals surface area contributed by atoms with Gasteiger partial charge in [-0.05, 0) is 46.7 Å². The molecule has 0 amide bonds. The maximum Gasteiger partial charge on any atom is 0.100 e. The molecule has 1 aliphatic carbocycles. The highest BCUT2D eigenvalue weighted by Gasteiger charge is 2.45. The number of aliphatic hydroxyl groups is 1. The Morgan fingerprint density at radius 2 is 2.16 bits per heavy atom. The van der Waals surface area contributed by atoms with Gasteiger partial charge in [0.05, 0.1) is 16.4 Å². The van der Waals surface area contributed by atoms with Gasteiger partial charge in [-0.15, -0.1) is 0 Å². The molecule has 1 fully saturated rings. The summed E-state index contributed by atoms with van der Waals surface area (Å²) in [5, 5.41) is 14.9. The van der Waals surface area contributed by atoms with Crippen molar-refractivity contribution in [1.82, 2.24) is 9.78 Å². The Kier molecular flexibility index (Phi) is 3.46. The summed E-state index contributed by atoms with van der Waals surface area (Å²) in [4.78, 5) is 0. The Bertz CT molecular complexity index is 567. The molecule has 1 saturated carbocycles. The normalized spacial score (nSPS) is 23.3. The number of hydrogen-bond donors (Lipinski definition) is 1. The molecule has 1 aromatic carbocycles. The zero-order valence-electron chi connectivity index (χ0n) is 10.8. The molecule has 19 heavy (non-hydrogen) atoms. The first kappa shape index (κ1) is 12.9. The van der Waals surface area contributed by atoms with Gasteiger partial charge >= 0.3 is 0 Å². The molecule has 0 aliphatic heterocycles. The van der Waals surface area contributed by atoms with E-state index in [1.54, 1.807) is 6.20 Å². The number of aliphatic hydroxyl groups excluding tert-OH is 1. The zero-order valence-corrected chi connectivity index (χ0v) is 12.4. The molecule has 0 radical (unpaired) electrons. The SMILES string of the molecule is CCn1ncc(Br)c1C(O)C1CC1c1ccccc1. The van der Waals surface area contributed by atoms with E-state index in [0.717, 1.165) is 23.1 Å². The second kappa shape index (κ2) is 5.10. The van der Waals surface area contributed by atoms with Crippen LogP contribution in [0.4, 0.5) is 0 Å². The van der Waals surface area contributed by atoms with E-state index in [9.17, 15) is 5.11 Å². The van der Waals surface area contributed by atoms with Gasteiger partial charge in [-0.2, -0.15) is 5.10 Å². The van der Waals surface area contributed by atoms with E-state index in [4.69, 9.17) is 0 Å². The van der Waals surface area contributed by atoms with Crippen LogP contribution in [-0.2, 0) is 6.54 Å². The molecule has 3 atom stereocenters. The van der Waals surface area contributed by atoms with E-state index in [1.165, 1.54) is 5.56 Å². The number of halogens is 1. The molecule has 3 unspecified atom stereocenters. The van der Waals surface area contributed by atoms with E-state index in [1.807, 2.05) is 17.7 Å². The summed E-state index contributed by atoms with van der Waals surface area (Å²) >= 11 is 3.49. The van der Waals surface area contributed by atoms with Gasteiger partial charge in [-0.3, -0.25) is 4.68 Å². The Labute approximate surface area is 121 Å². The second-order valence-electron chi connectivity index (χ2n) is 5.06. The first-order valence-electron chi connectivity index (χ1n) is 6.66. The molecule has 0 bridgehead atoms. The molecule has 2 aromatic rings. The number of nitrogens with zero attached hydrogens (tertiary/aromatic N) is 2. The smallest absolute Gasteiger partial charge is 0.100 e. The van der Waals surface area contributed by atoms with Crippen LogP contribution < -0.4 is 0 Å². The van der Waals surface area contributed by atoms with Gasteiger partial charge in [0.1, 0.15) is 6.10 Å². The molecule has 3 rings (SSSR count). The first-order chi connectivity index (χ1) is 9.22. The molecule has 1 aliphatic rings. The van der Waals surface area contributed by atoms with E-state index in [-0.39, 0.29) is 0 Å². The summed E-state index contributed by atoms with van der Waals surface area (Å²) in [6, 6.07) is 10.4. The first-order valence-corrected chi connectivity index (χ1v) is 7.46. The summed E-state index contributed by atoms with van der Waals surface area (Å²) in [7, 11) is 0. The summed E-state index contributed by atoms with van der Waals surface area (Å²) < 4.78 is 2.77. The molecule has 4 heteroatoms. The maximum absolute atomic E-state index is 10.6. The standard InChI is InChI=1S/C15H17BrN2O/c1-2-18-14(13(16)9-17-18)15(19)12-8-11(12)10-6-4-3-5-7-10/h3-7,9,11-12,15,19H,2,8H2,1H3. The monoisotopic (exact) mass is 320 g/mol. The fourth-order valence-electron chi connectivity index (χ4n) is 2.77. The minimum atomic E-state index is -0.443. The molecular weight excluding hydrogens is 304 g/mol. The summed E-state index contributed by atoms with van der Waals surface area (Å²) in [5.41, 5.74) is 2.23. The number of aromatic nitrogens is 2. The van der Waals surface area contributed by atoms with Crippen LogP contribution in [0.15, 0.2) is 41.0 Å². The third-order valence-electron chi connectivity index (χ3n) is 3.89. The van der Waals surface area contributed by atoms with Crippen molar-refractivity contribution in [3.8, 4) is 0 Å². The predicted octanol–water partition coefficient (Wildman–Crippen LogP) is 3.50. The van der Waals surface area contributed by atoms with Crippen LogP contribution in [0.5, 0.6) is 0 Å². The highest BCUT2D eigenvalue weighted by atomic mass is 79.9. The van der Waals surface area contributed by atoms with Gasteiger partial charge in [-0.1, -0.05) is 30.3 Å². The largest absolute Gasteiger partial charge is 0.386 e. The molecule has 1 heterocycles. The Balaban J connectivity index is 1.80. The van der Waals surface area contributed by atoms with Crippen molar-refractivity contribution >= 4 is 15.9 Å². The van der Waals surface area contributed by atoms with Crippen molar-refractivity contribution in [2.24, 2.45) is 5.92 Å². The van der Waals surface area contributed by atoms with Gasteiger partial charge in [0, 0.05) is 6.54 Å². The molecular formula is C15H17BrN2O. The number of rotatable bonds is 4. The zero-order chi connectivity index (χ0) is 13.4. The highest BCUT2D eigenvalue weighted by molar-refractivity contribution is 9.10. The van der Waals surface area contributed by atoms with Crippen LogP contribution in [0.25, 0.3) is 0 Å². The topological polar surface area (TPSA) is 38.0 Å². The summed E-state index contributed by atoms with van der Waals surface area (Å²) in [6.45, 7) is 2.82. The van der Waals surface area contributed by atoms with Crippen LogP contribution in [0.2, 0.25) is 0 Å². The average molecular weight is 321 g/mol. The van der Waals surface area contributed by atoms with Crippen molar-refractivity contribution in [1.29, 1.82) is 0 Å². The lowest BCUT2D eigenvalue weighted by Crippen LogP contribution is -2.10. The van der Waals surface area contributed by atoms with Crippen molar-refractivity contribution in [3.05, 3.63) is 52.3 Å². The van der Waals surface area contributed by atoms with Crippen LogP contribution in [0, 0.1) is 5.92 Å². The second-order valence-corrected chi connectivity index (χ2v) is 5.91. The lowest BCUT2D eigenvalue weighted by molar-refractivity contribution is 0.140. The molecule has 100 valence electrons. The Hall–Kier alpha value is -1.13. The lowest BCUT2D eigenvalue weighted by Gasteiger charge is -2.13. The van der Waals surface area contributed by atoms with Crippen molar-refractivity contribution in [2.45, 2.75) is 31.9 Å². The van der Waals surface area contributed by atoms with Gasteiger partial charge in [-0.25, -0.2) is 0 Å². The van der Waals surface area contributed by atoms with Gasteiger partial charge in [0.25, 0.3) is 0 Å². The highest BCUT2D eigenvalue weighted by Crippen LogP contribution is 2.54. The Morgan fingerprint density at radius 3 is 2.84 bits per heavy atom. The van der Waals surface area contributed by atoms with E-state index >= 15 is 0 Å².